The highest BCUT2D eigenvalue weighted by atomic mass is 79.9. The Balaban J connectivity index is 1.51. The Kier molecular flexibility index (Phi) is 3.71. The number of piperidine rings is 1. The van der Waals surface area contributed by atoms with Crippen LogP contribution in [0.2, 0.25) is 0 Å². The van der Waals surface area contributed by atoms with E-state index in [2.05, 4.69) is 36.3 Å². The summed E-state index contributed by atoms with van der Waals surface area (Å²) in [5.74, 6) is 1.84. The molecule has 8 heteroatoms. The van der Waals surface area contributed by atoms with E-state index in [-0.39, 0.29) is 11.8 Å². The van der Waals surface area contributed by atoms with Gasteiger partial charge < -0.3 is 9.42 Å². The lowest BCUT2D eigenvalue weighted by Gasteiger charge is -2.30. The average molecular weight is 380 g/mol. The number of aryl methyl sites for hydroxylation is 1. The monoisotopic (exact) mass is 379 g/mol. The molecule has 23 heavy (non-hydrogen) atoms. The fraction of sp³-hybridized carbons (Fsp3) is 0.600. The molecule has 1 saturated carbocycles. The molecule has 1 N–H and O–H groups in total. The number of nitrogens with one attached hydrogen (secondary N) is 1. The molecule has 2 aliphatic rings. The van der Waals surface area contributed by atoms with Gasteiger partial charge in [-0.15, -0.1) is 0 Å². The third kappa shape index (κ3) is 2.80. The summed E-state index contributed by atoms with van der Waals surface area (Å²) in [5.41, 5.74) is 1.53. The topological polar surface area (TPSA) is 87.9 Å². The largest absolute Gasteiger partial charge is 0.339 e. The fourth-order valence-corrected chi connectivity index (χ4v) is 3.79. The summed E-state index contributed by atoms with van der Waals surface area (Å²) in [6, 6.07) is 0. The van der Waals surface area contributed by atoms with Crippen LogP contribution in [0.4, 0.5) is 0 Å². The highest BCUT2D eigenvalue weighted by Crippen LogP contribution is 2.43. The number of nitrogens with zero attached hydrogens (tertiary/aromatic N) is 4. The second-order valence-corrected chi connectivity index (χ2v) is 7.14. The Bertz CT molecular complexity index is 736. The number of hydrogen-bond acceptors (Lipinski definition) is 5. The lowest BCUT2D eigenvalue weighted by molar-refractivity contribution is 0.0688. The fourth-order valence-electron chi connectivity index (χ4n) is 3.12. The number of H-pyrrole nitrogens is 1. The van der Waals surface area contributed by atoms with E-state index in [0.717, 1.165) is 42.4 Å². The van der Waals surface area contributed by atoms with Gasteiger partial charge in [0.1, 0.15) is 0 Å². The molecule has 1 atom stereocenters. The minimum absolute atomic E-state index is 0.0408. The first-order chi connectivity index (χ1) is 11.1. The van der Waals surface area contributed by atoms with Crippen LogP contribution in [-0.2, 0) is 0 Å². The molecule has 1 unspecified atom stereocenters. The van der Waals surface area contributed by atoms with E-state index in [1.165, 1.54) is 0 Å². The molecule has 0 bridgehead atoms. The minimum atomic E-state index is -0.0408. The highest BCUT2D eigenvalue weighted by molar-refractivity contribution is 9.10. The molecule has 3 heterocycles. The number of likely N-dealkylation sites (tertiary alicyclic amines) is 1. The smallest absolute Gasteiger partial charge is 0.275 e. The highest BCUT2D eigenvalue weighted by Gasteiger charge is 2.34. The maximum atomic E-state index is 12.8. The zero-order chi connectivity index (χ0) is 16.0. The van der Waals surface area contributed by atoms with Gasteiger partial charge in [0.2, 0.25) is 5.89 Å². The molecule has 4 rings (SSSR count). The van der Waals surface area contributed by atoms with E-state index in [9.17, 15) is 4.79 Å². The number of carbonyl (C=O) groups is 1. The predicted octanol–water partition coefficient (Wildman–Crippen LogP) is 2.76. The number of halogens is 1. The minimum Gasteiger partial charge on any atom is -0.339 e. The van der Waals surface area contributed by atoms with Gasteiger partial charge in [0, 0.05) is 19.0 Å². The molecule has 122 valence electrons. The number of amides is 1. The second kappa shape index (κ2) is 5.74. The van der Waals surface area contributed by atoms with Crippen LogP contribution >= 0.6 is 15.9 Å². The summed E-state index contributed by atoms with van der Waals surface area (Å²) in [4.78, 5) is 19.0. The van der Waals surface area contributed by atoms with Crippen LogP contribution in [0.15, 0.2) is 9.00 Å². The lowest BCUT2D eigenvalue weighted by Crippen LogP contribution is -2.39. The van der Waals surface area contributed by atoms with Crippen molar-refractivity contribution in [3.8, 4) is 0 Å². The quantitative estimate of drug-likeness (QED) is 0.885. The Morgan fingerprint density at radius 2 is 2.17 bits per heavy atom. The first kappa shape index (κ1) is 14.9. The van der Waals surface area contributed by atoms with Crippen LogP contribution in [0.25, 0.3) is 0 Å². The van der Waals surface area contributed by atoms with Gasteiger partial charge >= 0.3 is 0 Å². The van der Waals surface area contributed by atoms with Gasteiger partial charge in [-0.2, -0.15) is 10.1 Å². The van der Waals surface area contributed by atoms with Gasteiger partial charge in [0.05, 0.1) is 16.1 Å². The predicted molar refractivity (Wildman–Crippen MR) is 85.2 cm³/mol. The summed E-state index contributed by atoms with van der Waals surface area (Å²) in [5, 5.41) is 11.1. The van der Waals surface area contributed by atoms with Crippen molar-refractivity contribution in [3.63, 3.8) is 0 Å². The number of carbonyl (C=O) groups excluding carboxylic acids is 1. The van der Waals surface area contributed by atoms with Gasteiger partial charge in [-0.05, 0) is 48.5 Å². The maximum Gasteiger partial charge on any atom is 0.275 e. The van der Waals surface area contributed by atoms with Gasteiger partial charge in [0.25, 0.3) is 5.91 Å². The molecule has 0 spiro atoms. The van der Waals surface area contributed by atoms with Crippen molar-refractivity contribution in [2.45, 2.75) is 44.4 Å². The maximum absolute atomic E-state index is 12.8. The molecule has 2 fully saturated rings. The van der Waals surface area contributed by atoms with Crippen molar-refractivity contribution in [1.29, 1.82) is 0 Å². The Hall–Kier alpha value is -1.70. The number of hydrogen-bond donors (Lipinski definition) is 1. The average Bonchev–Trinajstić information content (AvgIpc) is 3.20. The van der Waals surface area contributed by atoms with Crippen molar-refractivity contribution in [1.82, 2.24) is 25.2 Å². The molecule has 1 aliphatic carbocycles. The van der Waals surface area contributed by atoms with E-state index >= 15 is 0 Å². The molecule has 7 nitrogen and oxygen atoms in total. The number of aromatic amines is 1. The lowest BCUT2D eigenvalue weighted by atomic mass is 9.97. The van der Waals surface area contributed by atoms with Gasteiger partial charge in [-0.1, -0.05) is 5.16 Å². The first-order valence-electron chi connectivity index (χ1n) is 7.96. The summed E-state index contributed by atoms with van der Waals surface area (Å²) in [6.07, 6.45) is 4.21. The van der Waals surface area contributed by atoms with Crippen LogP contribution < -0.4 is 0 Å². The second-order valence-electron chi connectivity index (χ2n) is 6.34. The van der Waals surface area contributed by atoms with E-state index in [4.69, 9.17) is 4.52 Å². The first-order valence-corrected chi connectivity index (χ1v) is 8.76. The van der Waals surface area contributed by atoms with Crippen LogP contribution in [-0.4, -0.2) is 44.2 Å². The number of aromatic nitrogens is 4. The Labute approximate surface area is 141 Å². The van der Waals surface area contributed by atoms with E-state index in [1.54, 1.807) is 6.92 Å². The summed E-state index contributed by atoms with van der Waals surface area (Å²) < 4.78 is 6.10. The molecule has 2 aromatic rings. The normalized spacial score (nSPS) is 21.7. The van der Waals surface area contributed by atoms with Crippen molar-refractivity contribution in [2.24, 2.45) is 0 Å². The third-order valence-electron chi connectivity index (χ3n) is 4.52. The molecule has 1 aliphatic heterocycles. The molecular formula is C15H18BrN5O2. The van der Waals surface area contributed by atoms with Crippen LogP contribution in [0, 0.1) is 6.92 Å². The van der Waals surface area contributed by atoms with Gasteiger partial charge in [-0.25, -0.2) is 0 Å². The van der Waals surface area contributed by atoms with Crippen molar-refractivity contribution < 1.29 is 9.32 Å². The summed E-state index contributed by atoms with van der Waals surface area (Å²) in [7, 11) is 0. The van der Waals surface area contributed by atoms with Crippen molar-refractivity contribution in [3.05, 3.63) is 27.6 Å². The summed E-state index contributed by atoms with van der Waals surface area (Å²) in [6.45, 7) is 3.14. The molecule has 2 aromatic heterocycles. The van der Waals surface area contributed by atoms with Crippen LogP contribution in [0.3, 0.4) is 0 Å². The third-order valence-corrected chi connectivity index (χ3v) is 5.32. The zero-order valence-corrected chi connectivity index (χ0v) is 14.5. The standard InChI is InChI=1S/C15H18BrN5O2/c1-8-17-14(23-20-8)10-3-2-6-21(7-10)15(22)13-11(16)12(18-19-13)9-4-5-9/h9-10H,2-7H2,1H3,(H,18,19). The van der Waals surface area contributed by atoms with Gasteiger partial charge in [0.15, 0.2) is 11.5 Å². The van der Waals surface area contributed by atoms with Crippen molar-refractivity contribution >= 4 is 21.8 Å². The molecule has 1 saturated heterocycles. The number of rotatable bonds is 3. The Morgan fingerprint density at radius 1 is 1.35 bits per heavy atom. The zero-order valence-electron chi connectivity index (χ0n) is 12.9. The van der Waals surface area contributed by atoms with Gasteiger partial charge in [-0.3, -0.25) is 9.89 Å². The molecule has 1 amide bonds. The van der Waals surface area contributed by atoms with E-state index < -0.39 is 0 Å². The van der Waals surface area contributed by atoms with E-state index in [1.807, 2.05) is 4.90 Å². The SMILES string of the molecule is Cc1noc(C2CCCN(C(=O)c3n[nH]c(C4CC4)c3Br)C2)n1. The summed E-state index contributed by atoms with van der Waals surface area (Å²) >= 11 is 3.54. The van der Waals surface area contributed by atoms with Crippen LogP contribution in [0.5, 0.6) is 0 Å². The van der Waals surface area contributed by atoms with Crippen molar-refractivity contribution in [2.75, 3.05) is 13.1 Å². The van der Waals surface area contributed by atoms with Crippen LogP contribution in [0.1, 0.15) is 65.4 Å². The van der Waals surface area contributed by atoms with E-state index in [0.29, 0.717) is 29.9 Å². The molecule has 0 aromatic carbocycles. The molecule has 0 radical (unpaired) electrons. The molecular weight excluding hydrogens is 362 g/mol. The Morgan fingerprint density at radius 3 is 2.87 bits per heavy atom.